The summed E-state index contributed by atoms with van der Waals surface area (Å²) in [4.78, 5) is 0. The molecular formula is C12H13N2OS+. The summed E-state index contributed by atoms with van der Waals surface area (Å²) in [7, 11) is 2.06. The fraction of sp³-hybridized carbons (Fsp3) is 0.250. The van der Waals surface area contributed by atoms with E-state index in [0.717, 1.165) is 11.6 Å². The second-order valence-electron chi connectivity index (χ2n) is 3.80. The van der Waals surface area contributed by atoms with E-state index in [4.69, 9.17) is 4.74 Å². The number of fused-ring (bicyclic) bond motifs is 2. The van der Waals surface area contributed by atoms with Crippen molar-refractivity contribution in [3.8, 4) is 5.75 Å². The Bertz CT molecular complexity index is 556. The van der Waals surface area contributed by atoms with E-state index in [9.17, 15) is 0 Å². The molecule has 0 spiro atoms. The van der Waals surface area contributed by atoms with Gasteiger partial charge in [0.15, 0.2) is 0 Å². The van der Waals surface area contributed by atoms with Crippen molar-refractivity contribution in [2.75, 3.05) is 11.6 Å². The van der Waals surface area contributed by atoms with Crippen LogP contribution in [0.25, 0.3) is 10.9 Å². The highest BCUT2D eigenvalue weighted by molar-refractivity contribution is 7.99. The Kier molecular flexibility index (Phi) is 2.17. The highest BCUT2D eigenvalue weighted by Gasteiger charge is 2.31. The van der Waals surface area contributed by atoms with E-state index in [-0.39, 0.29) is 5.56 Å². The molecule has 0 saturated carbocycles. The molecule has 1 unspecified atom stereocenters. The number of aryl methyl sites for hydroxylation is 1. The van der Waals surface area contributed by atoms with Crippen LogP contribution >= 0.6 is 11.8 Å². The third kappa shape index (κ3) is 1.33. The molecule has 1 aliphatic rings. The molecule has 0 fully saturated rings. The van der Waals surface area contributed by atoms with Gasteiger partial charge in [-0.15, -0.1) is 0 Å². The molecule has 0 bridgehead atoms. The maximum Gasteiger partial charge on any atom is 0.321 e. The fourth-order valence-corrected chi connectivity index (χ4v) is 2.46. The maximum absolute atomic E-state index is 5.78. The first kappa shape index (κ1) is 9.78. The summed E-state index contributed by atoms with van der Waals surface area (Å²) in [6.45, 7) is 0. The lowest BCUT2D eigenvalue weighted by Crippen LogP contribution is -2.32. The van der Waals surface area contributed by atoms with Gasteiger partial charge in [-0.1, -0.05) is 30.0 Å². The van der Waals surface area contributed by atoms with Gasteiger partial charge in [0.25, 0.3) is 5.56 Å². The van der Waals surface area contributed by atoms with Crippen LogP contribution in [0.3, 0.4) is 0 Å². The minimum Gasteiger partial charge on any atom is -0.435 e. The van der Waals surface area contributed by atoms with Crippen molar-refractivity contribution in [1.29, 1.82) is 0 Å². The molecule has 16 heavy (non-hydrogen) atoms. The third-order valence-electron chi connectivity index (χ3n) is 2.86. The first-order chi connectivity index (χ1) is 7.79. The number of thioether (sulfide) groups is 1. The number of hydrogen-bond acceptors (Lipinski definition) is 3. The van der Waals surface area contributed by atoms with Gasteiger partial charge in [0.05, 0.1) is 7.05 Å². The summed E-state index contributed by atoms with van der Waals surface area (Å²) >= 11 is 1.66. The minimum absolute atomic E-state index is 0.0259. The molecule has 0 amide bonds. The number of nitrogens with zero attached hydrogens (tertiary/aromatic N) is 1. The molecule has 3 rings (SSSR count). The first-order valence-corrected chi connectivity index (χ1v) is 6.46. The zero-order valence-corrected chi connectivity index (χ0v) is 10.0. The quantitative estimate of drug-likeness (QED) is 0.764. The largest absolute Gasteiger partial charge is 0.435 e. The van der Waals surface area contributed by atoms with Crippen LogP contribution in [0.5, 0.6) is 5.75 Å². The smallest absolute Gasteiger partial charge is 0.321 e. The van der Waals surface area contributed by atoms with Gasteiger partial charge in [-0.2, -0.15) is 0 Å². The molecule has 0 aliphatic carbocycles. The monoisotopic (exact) mass is 233 g/mol. The molecule has 82 valence electrons. The Hall–Kier alpha value is -1.42. The lowest BCUT2D eigenvalue weighted by atomic mass is 10.2. The van der Waals surface area contributed by atoms with Gasteiger partial charge >= 0.3 is 5.82 Å². The van der Waals surface area contributed by atoms with Gasteiger partial charge in [-0.25, -0.2) is 9.88 Å². The summed E-state index contributed by atoms with van der Waals surface area (Å²) in [5.74, 6) is 1.98. The van der Waals surface area contributed by atoms with Crippen LogP contribution in [0.15, 0.2) is 30.3 Å². The molecule has 0 radical (unpaired) electrons. The Morgan fingerprint density at radius 2 is 2.19 bits per heavy atom. The molecule has 4 heteroatoms. The summed E-state index contributed by atoms with van der Waals surface area (Å²) in [5.41, 5.74) is 1.23. The van der Waals surface area contributed by atoms with Gasteiger partial charge in [0.1, 0.15) is 5.52 Å². The van der Waals surface area contributed by atoms with E-state index in [0.29, 0.717) is 0 Å². The van der Waals surface area contributed by atoms with Crippen LogP contribution in [0.2, 0.25) is 0 Å². The number of para-hydroxylation sites is 1. The van der Waals surface area contributed by atoms with Crippen molar-refractivity contribution in [2.24, 2.45) is 7.05 Å². The predicted molar refractivity (Wildman–Crippen MR) is 66.7 cm³/mol. The number of aromatic nitrogens is 1. The van der Waals surface area contributed by atoms with Gasteiger partial charge < -0.3 is 4.74 Å². The molecule has 0 saturated heterocycles. The average molecular weight is 233 g/mol. The summed E-state index contributed by atoms with van der Waals surface area (Å²) < 4.78 is 7.92. The van der Waals surface area contributed by atoms with Crippen LogP contribution in [-0.4, -0.2) is 11.8 Å². The molecule has 1 atom stereocenters. The van der Waals surface area contributed by atoms with E-state index >= 15 is 0 Å². The second-order valence-corrected chi connectivity index (χ2v) is 4.70. The van der Waals surface area contributed by atoms with Gasteiger partial charge in [-0.3, -0.25) is 0 Å². The Balaban J connectivity index is 2.23. The van der Waals surface area contributed by atoms with Crippen molar-refractivity contribution >= 4 is 28.5 Å². The molecular weight excluding hydrogens is 220 g/mol. The molecule has 1 aromatic heterocycles. The highest BCUT2D eigenvalue weighted by Crippen LogP contribution is 2.33. The lowest BCUT2D eigenvalue weighted by molar-refractivity contribution is -0.629. The molecule has 1 aromatic carbocycles. The zero-order valence-electron chi connectivity index (χ0n) is 9.23. The average Bonchev–Trinajstić information content (AvgIpc) is 2.73. The molecule has 2 aromatic rings. The van der Waals surface area contributed by atoms with E-state index in [1.807, 2.05) is 12.3 Å². The lowest BCUT2D eigenvalue weighted by Gasteiger charge is -2.02. The van der Waals surface area contributed by atoms with E-state index in [2.05, 4.69) is 41.2 Å². The Labute approximate surface area is 98.4 Å². The maximum atomic E-state index is 5.78. The summed E-state index contributed by atoms with van der Waals surface area (Å²) in [6, 6.07) is 10.4. The number of anilines is 1. The van der Waals surface area contributed by atoms with Gasteiger partial charge in [0, 0.05) is 11.5 Å². The fourth-order valence-electron chi connectivity index (χ4n) is 2.03. The summed E-state index contributed by atoms with van der Waals surface area (Å²) in [6.07, 6.45) is 2.03. The third-order valence-corrected chi connectivity index (χ3v) is 3.50. The second kappa shape index (κ2) is 3.56. The number of pyridine rings is 1. The number of rotatable bonds is 1. The van der Waals surface area contributed by atoms with Crippen molar-refractivity contribution in [1.82, 2.24) is 0 Å². The van der Waals surface area contributed by atoms with E-state index in [1.165, 1.54) is 10.9 Å². The minimum atomic E-state index is 0.0259. The van der Waals surface area contributed by atoms with E-state index < -0.39 is 0 Å². The number of benzene rings is 1. The molecule has 3 nitrogen and oxygen atoms in total. The van der Waals surface area contributed by atoms with Crippen molar-refractivity contribution in [3.05, 3.63) is 30.3 Å². The normalized spacial score (nSPS) is 18.0. The van der Waals surface area contributed by atoms with Crippen LogP contribution < -0.4 is 14.6 Å². The molecule has 1 aliphatic heterocycles. The highest BCUT2D eigenvalue weighted by atomic mass is 32.2. The number of nitrogens with one attached hydrogen (secondary N) is 1. The van der Waals surface area contributed by atoms with Crippen molar-refractivity contribution in [3.63, 3.8) is 0 Å². The molecule has 2 heterocycles. The number of hydrogen-bond donors (Lipinski definition) is 1. The Morgan fingerprint density at radius 1 is 1.38 bits per heavy atom. The van der Waals surface area contributed by atoms with Crippen molar-refractivity contribution in [2.45, 2.75) is 5.56 Å². The predicted octanol–water partition coefficient (Wildman–Crippen LogP) is 2.12. The molecule has 1 N–H and O–H groups in total. The zero-order chi connectivity index (χ0) is 11.1. The van der Waals surface area contributed by atoms with Crippen molar-refractivity contribution < 1.29 is 9.30 Å². The standard InChI is InChI=1S/C12H12N2OS/c1-14-9-6-4-3-5-8(9)7-10-11(14)13-12(15-10)16-2/h3-7,12H,1-2H3/p+1. The number of ether oxygens (including phenoxy) is 1. The first-order valence-electron chi connectivity index (χ1n) is 5.17. The van der Waals surface area contributed by atoms with Gasteiger partial charge in [0.2, 0.25) is 5.75 Å². The topological polar surface area (TPSA) is 25.1 Å². The SMILES string of the molecule is CSC1Nc2c(cc3ccccc3[n+]2C)O1. The van der Waals surface area contributed by atoms with Crippen LogP contribution in [0.1, 0.15) is 0 Å². The Morgan fingerprint density at radius 3 is 3.00 bits per heavy atom. The van der Waals surface area contributed by atoms with Crippen LogP contribution in [0.4, 0.5) is 5.82 Å². The summed E-state index contributed by atoms with van der Waals surface area (Å²) in [5, 5.41) is 4.55. The van der Waals surface area contributed by atoms with Crippen LogP contribution in [0, 0.1) is 0 Å². The van der Waals surface area contributed by atoms with E-state index in [1.54, 1.807) is 11.8 Å². The van der Waals surface area contributed by atoms with Crippen LogP contribution in [-0.2, 0) is 7.05 Å². The van der Waals surface area contributed by atoms with Gasteiger partial charge in [-0.05, 0) is 12.3 Å².